The van der Waals surface area contributed by atoms with Crippen molar-refractivity contribution in [1.82, 2.24) is 0 Å². The Labute approximate surface area is 112 Å². The zero-order chi connectivity index (χ0) is 12.5. The lowest BCUT2D eigenvalue weighted by Crippen LogP contribution is -2.04. The van der Waals surface area contributed by atoms with Gasteiger partial charge in [0.05, 0.1) is 10.7 Å². The number of anilines is 2. The summed E-state index contributed by atoms with van der Waals surface area (Å²) in [5.74, 6) is 0.597. The second kappa shape index (κ2) is 4.54. The summed E-state index contributed by atoms with van der Waals surface area (Å²) in [6.07, 6.45) is 1.16. The Bertz CT molecular complexity index is 554. The zero-order valence-corrected chi connectivity index (χ0v) is 10.7. The van der Waals surface area contributed by atoms with Crippen molar-refractivity contribution in [3.05, 3.63) is 59.1 Å². The molecule has 1 aliphatic carbocycles. The van der Waals surface area contributed by atoms with Crippen LogP contribution in [0.25, 0.3) is 0 Å². The van der Waals surface area contributed by atoms with Crippen molar-refractivity contribution in [3.63, 3.8) is 0 Å². The lowest BCUT2D eigenvalue weighted by Gasteiger charge is -2.08. The molecule has 3 rings (SSSR count). The van der Waals surface area contributed by atoms with Crippen LogP contribution in [-0.2, 0) is 0 Å². The molecule has 2 atom stereocenters. The number of benzene rings is 2. The topological polar surface area (TPSA) is 38.0 Å². The maximum Gasteiger partial charge on any atom is 0.0658 e. The number of nitrogens with two attached hydrogens (primary N) is 1. The molecule has 2 nitrogen and oxygen atoms in total. The normalized spacial score (nSPS) is 21.6. The van der Waals surface area contributed by atoms with E-state index in [4.69, 9.17) is 17.3 Å². The molecular weight excluding hydrogens is 244 g/mol. The number of nitrogens with one attached hydrogen (secondary N) is 1. The third-order valence-electron chi connectivity index (χ3n) is 3.35. The molecule has 0 spiro atoms. The second-order valence-corrected chi connectivity index (χ2v) is 5.15. The van der Waals surface area contributed by atoms with E-state index in [1.807, 2.05) is 18.2 Å². The van der Waals surface area contributed by atoms with E-state index in [1.165, 1.54) is 5.56 Å². The van der Waals surface area contributed by atoms with Gasteiger partial charge in [-0.1, -0.05) is 41.9 Å². The van der Waals surface area contributed by atoms with E-state index in [-0.39, 0.29) is 0 Å². The van der Waals surface area contributed by atoms with Crippen molar-refractivity contribution in [2.75, 3.05) is 11.1 Å². The summed E-state index contributed by atoms with van der Waals surface area (Å²) in [5.41, 5.74) is 8.73. The van der Waals surface area contributed by atoms with Crippen LogP contribution in [0.3, 0.4) is 0 Å². The van der Waals surface area contributed by atoms with Gasteiger partial charge in [-0.3, -0.25) is 0 Å². The van der Waals surface area contributed by atoms with Gasteiger partial charge in [0.2, 0.25) is 0 Å². The first-order valence-electron chi connectivity index (χ1n) is 6.10. The molecule has 0 amide bonds. The maximum absolute atomic E-state index is 6.15. The SMILES string of the molecule is Nc1ccc(NC2CC2c2ccccc2)c(Cl)c1. The Kier molecular flexibility index (Phi) is 2.88. The summed E-state index contributed by atoms with van der Waals surface area (Å²) >= 11 is 6.15. The van der Waals surface area contributed by atoms with Gasteiger partial charge in [-0.15, -0.1) is 0 Å². The Morgan fingerprint density at radius 2 is 1.89 bits per heavy atom. The van der Waals surface area contributed by atoms with Crippen LogP contribution in [0.5, 0.6) is 0 Å². The fourth-order valence-electron chi connectivity index (χ4n) is 2.27. The molecule has 92 valence electrons. The van der Waals surface area contributed by atoms with E-state index in [0.717, 1.165) is 12.1 Å². The van der Waals surface area contributed by atoms with Gasteiger partial charge in [0.15, 0.2) is 0 Å². The highest BCUT2D eigenvalue weighted by Crippen LogP contribution is 2.43. The highest BCUT2D eigenvalue weighted by molar-refractivity contribution is 6.33. The molecule has 0 bridgehead atoms. The zero-order valence-electron chi connectivity index (χ0n) is 9.94. The number of hydrogen-bond donors (Lipinski definition) is 2. The molecule has 2 aromatic rings. The number of rotatable bonds is 3. The molecule has 0 aliphatic heterocycles. The monoisotopic (exact) mass is 258 g/mol. The minimum Gasteiger partial charge on any atom is -0.399 e. The Balaban J connectivity index is 1.69. The predicted molar refractivity (Wildman–Crippen MR) is 77.1 cm³/mol. The van der Waals surface area contributed by atoms with Gasteiger partial charge < -0.3 is 11.1 Å². The molecule has 0 saturated heterocycles. The average Bonchev–Trinajstić information content (AvgIpc) is 3.13. The van der Waals surface area contributed by atoms with E-state index < -0.39 is 0 Å². The van der Waals surface area contributed by atoms with Crippen LogP contribution < -0.4 is 11.1 Å². The first-order valence-corrected chi connectivity index (χ1v) is 6.48. The van der Waals surface area contributed by atoms with Crippen molar-refractivity contribution < 1.29 is 0 Å². The van der Waals surface area contributed by atoms with Crippen molar-refractivity contribution in [3.8, 4) is 0 Å². The Morgan fingerprint density at radius 3 is 2.61 bits per heavy atom. The minimum atomic E-state index is 0.480. The first-order chi connectivity index (χ1) is 8.74. The van der Waals surface area contributed by atoms with E-state index >= 15 is 0 Å². The first kappa shape index (κ1) is 11.4. The van der Waals surface area contributed by atoms with Crippen LogP contribution >= 0.6 is 11.6 Å². The summed E-state index contributed by atoms with van der Waals surface area (Å²) in [5, 5.41) is 4.16. The van der Waals surface area contributed by atoms with E-state index in [0.29, 0.717) is 22.7 Å². The Hall–Kier alpha value is -1.67. The van der Waals surface area contributed by atoms with Gasteiger partial charge in [-0.05, 0) is 30.2 Å². The molecule has 0 radical (unpaired) electrons. The van der Waals surface area contributed by atoms with Crippen LogP contribution in [0.2, 0.25) is 5.02 Å². The quantitative estimate of drug-likeness (QED) is 0.820. The van der Waals surface area contributed by atoms with E-state index in [9.17, 15) is 0 Å². The average molecular weight is 259 g/mol. The summed E-state index contributed by atoms with van der Waals surface area (Å²) < 4.78 is 0. The van der Waals surface area contributed by atoms with Crippen molar-refractivity contribution in [2.24, 2.45) is 0 Å². The van der Waals surface area contributed by atoms with Crippen molar-refractivity contribution in [2.45, 2.75) is 18.4 Å². The van der Waals surface area contributed by atoms with Crippen LogP contribution in [-0.4, -0.2) is 6.04 Å². The van der Waals surface area contributed by atoms with Crippen molar-refractivity contribution in [1.29, 1.82) is 0 Å². The lowest BCUT2D eigenvalue weighted by atomic mass is 10.1. The molecule has 1 fully saturated rings. The van der Waals surface area contributed by atoms with Crippen molar-refractivity contribution >= 4 is 23.0 Å². The van der Waals surface area contributed by atoms with Gasteiger partial charge in [-0.25, -0.2) is 0 Å². The van der Waals surface area contributed by atoms with E-state index in [1.54, 1.807) is 6.07 Å². The lowest BCUT2D eigenvalue weighted by molar-refractivity contribution is 1.05. The largest absolute Gasteiger partial charge is 0.399 e. The van der Waals surface area contributed by atoms with Gasteiger partial charge >= 0.3 is 0 Å². The molecule has 0 aromatic heterocycles. The molecule has 1 aliphatic rings. The van der Waals surface area contributed by atoms with E-state index in [2.05, 4.69) is 29.6 Å². The molecule has 1 saturated carbocycles. The second-order valence-electron chi connectivity index (χ2n) is 4.74. The Morgan fingerprint density at radius 1 is 1.11 bits per heavy atom. The summed E-state index contributed by atoms with van der Waals surface area (Å²) in [6, 6.07) is 16.6. The van der Waals surface area contributed by atoms with Gasteiger partial charge in [0.25, 0.3) is 0 Å². The van der Waals surface area contributed by atoms with Gasteiger partial charge in [0.1, 0.15) is 0 Å². The van der Waals surface area contributed by atoms with Gasteiger partial charge in [0, 0.05) is 17.6 Å². The molecule has 2 aromatic carbocycles. The fourth-order valence-corrected chi connectivity index (χ4v) is 2.51. The number of nitrogen functional groups attached to an aromatic ring is 1. The standard InChI is InChI=1S/C15H15ClN2/c16-13-8-11(17)6-7-14(13)18-15-9-12(15)10-4-2-1-3-5-10/h1-8,12,15,18H,9,17H2. The van der Waals surface area contributed by atoms with Crippen LogP contribution in [0.15, 0.2) is 48.5 Å². The minimum absolute atomic E-state index is 0.480. The predicted octanol–water partition coefficient (Wildman–Crippen LogP) is 3.89. The molecule has 18 heavy (non-hydrogen) atoms. The van der Waals surface area contributed by atoms with Crippen LogP contribution in [0, 0.1) is 0 Å². The third kappa shape index (κ3) is 2.29. The molecule has 0 heterocycles. The van der Waals surface area contributed by atoms with Gasteiger partial charge in [-0.2, -0.15) is 0 Å². The highest BCUT2D eigenvalue weighted by atomic mass is 35.5. The maximum atomic E-state index is 6.15. The molecular formula is C15H15ClN2. The number of hydrogen-bond acceptors (Lipinski definition) is 2. The summed E-state index contributed by atoms with van der Waals surface area (Å²) in [7, 11) is 0. The number of halogens is 1. The highest BCUT2D eigenvalue weighted by Gasteiger charge is 2.38. The smallest absolute Gasteiger partial charge is 0.0658 e. The third-order valence-corrected chi connectivity index (χ3v) is 3.66. The molecule has 2 unspecified atom stereocenters. The van der Waals surface area contributed by atoms with Crippen LogP contribution in [0.1, 0.15) is 17.9 Å². The summed E-state index contributed by atoms with van der Waals surface area (Å²) in [4.78, 5) is 0. The fraction of sp³-hybridized carbons (Fsp3) is 0.200. The molecule has 3 heteroatoms. The molecule has 3 N–H and O–H groups in total. The van der Waals surface area contributed by atoms with Crippen LogP contribution in [0.4, 0.5) is 11.4 Å². The summed E-state index contributed by atoms with van der Waals surface area (Å²) in [6.45, 7) is 0.